The van der Waals surface area contributed by atoms with Gasteiger partial charge in [-0.25, -0.2) is 14.6 Å². The monoisotopic (exact) mass is 252 g/mol. The lowest BCUT2D eigenvalue weighted by Gasteiger charge is -2.06. The lowest BCUT2D eigenvalue weighted by atomic mass is 10.4. The Morgan fingerprint density at radius 3 is 2.56 bits per heavy atom. The number of carbonyl (C=O) groups is 1. The third-order valence-corrected chi connectivity index (χ3v) is 2.36. The van der Waals surface area contributed by atoms with Gasteiger partial charge in [0.1, 0.15) is 5.65 Å². The van der Waals surface area contributed by atoms with Gasteiger partial charge >= 0.3 is 11.7 Å². The van der Waals surface area contributed by atoms with Crippen molar-refractivity contribution >= 4 is 17.1 Å². The summed E-state index contributed by atoms with van der Waals surface area (Å²) >= 11 is 0. The van der Waals surface area contributed by atoms with Gasteiger partial charge in [-0.1, -0.05) is 0 Å². The third kappa shape index (κ3) is 1.61. The van der Waals surface area contributed by atoms with E-state index < -0.39 is 28.5 Å². The normalized spacial score (nSPS) is 10.7. The Kier molecular flexibility index (Phi) is 2.58. The van der Waals surface area contributed by atoms with E-state index >= 15 is 0 Å². The molecule has 94 valence electrons. The molecule has 9 nitrogen and oxygen atoms in total. The number of aromatic amines is 2. The zero-order valence-corrected chi connectivity index (χ0v) is 9.18. The van der Waals surface area contributed by atoms with Gasteiger partial charge in [-0.05, 0) is 6.92 Å². The molecule has 3 N–H and O–H groups in total. The number of aryl methyl sites for hydroxylation is 1. The Morgan fingerprint density at radius 2 is 2.00 bits per heavy atom. The van der Waals surface area contributed by atoms with E-state index in [1.165, 1.54) is 0 Å². The van der Waals surface area contributed by atoms with Crippen LogP contribution in [0, 0.1) is 0 Å². The van der Waals surface area contributed by atoms with Crippen LogP contribution in [0.1, 0.15) is 17.4 Å². The van der Waals surface area contributed by atoms with Gasteiger partial charge in [-0.15, -0.1) is 0 Å². The fourth-order valence-corrected chi connectivity index (χ4v) is 1.60. The second kappa shape index (κ2) is 3.95. The van der Waals surface area contributed by atoms with E-state index in [0.717, 1.165) is 4.57 Å². The molecule has 2 heterocycles. The molecule has 0 aliphatic rings. The molecule has 0 atom stereocenters. The number of nitrogens with zero attached hydrogens (tertiary/aromatic N) is 2. The smallest absolute Gasteiger partial charge is 0.360 e. The molecular formula is C9H8N4O5. The minimum Gasteiger partial charge on any atom is -0.476 e. The van der Waals surface area contributed by atoms with Gasteiger partial charge in [0, 0.05) is 6.54 Å². The standard InChI is InChI=1S/C9H8N4O5/c1-2-13-5-3(6(14)12-9(18)11-5)10-4(7(13)15)8(16)17/h2H2,1H3,(H,16,17)(H2,11,12,14,18). The molecule has 2 rings (SSSR count). The second-order valence-corrected chi connectivity index (χ2v) is 3.42. The van der Waals surface area contributed by atoms with Crippen LogP contribution >= 0.6 is 0 Å². The average Bonchev–Trinajstić information content (AvgIpc) is 2.27. The average molecular weight is 252 g/mol. The Morgan fingerprint density at radius 1 is 1.33 bits per heavy atom. The Bertz CT molecular complexity index is 812. The van der Waals surface area contributed by atoms with Crippen LogP contribution in [0.25, 0.3) is 11.2 Å². The van der Waals surface area contributed by atoms with Gasteiger partial charge in [0.15, 0.2) is 5.52 Å². The predicted molar refractivity (Wildman–Crippen MR) is 59.9 cm³/mol. The van der Waals surface area contributed by atoms with Crippen LogP contribution in [-0.2, 0) is 6.54 Å². The van der Waals surface area contributed by atoms with E-state index in [1.54, 1.807) is 6.92 Å². The number of rotatable bonds is 2. The van der Waals surface area contributed by atoms with Crippen molar-refractivity contribution in [3.63, 3.8) is 0 Å². The molecule has 0 aromatic carbocycles. The highest BCUT2D eigenvalue weighted by Gasteiger charge is 2.18. The van der Waals surface area contributed by atoms with E-state index in [2.05, 4.69) is 9.97 Å². The molecule has 0 aliphatic carbocycles. The summed E-state index contributed by atoms with van der Waals surface area (Å²) in [6, 6.07) is 0. The van der Waals surface area contributed by atoms with Crippen molar-refractivity contribution in [2.24, 2.45) is 0 Å². The molecule has 9 heteroatoms. The Balaban J connectivity index is 3.12. The van der Waals surface area contributed by atoms with Gasteiger partial charge in [0.2, 0.25) is 5.69 Å². The summed E-state index contributed by atoms with van der Waals surface area (Å²) in [5, 5.41) is 8.83. The van der Waals surface area contributed by atoms with Gasteiger partial charge < -0.3 is 5.11 Å². The third-order valence-electron chi connectivity index (χ3n) is 2.36. The van der Waals surface area contributed by atoms with Gasteiger partial charge in [-0.2, -0.15) is 0 Å². The van der Waals surface area contributed by atoms with Crippen LogP contribution in [0.4, 0.5) is 0 Å². The number of aromatic carboxylic acids is 1. The van der Waals surface area contributed by atoms with E-state index in [1.807, 2.05) is 4.98 Å². The number of fused-ring (bicyclic) bond motifs is 1. The highest BCUT2D eigenvalue weighted by molar-refractivity contribution is 5.87. The topological polar surface area (TPSA) is 138 Å². The van der Waals surface area contributed by atoms with E-state index in [9.17, 15) is 19.2 Å². The van der Waals surface area contributed by atoms with Crippen molar-refractivity contribution in [1.29, 1.82) is 0 Å². The van der Waals surface area contributed by atoms with Crippen LogP contribution in [0.2, 0.25) is 0 Å². The molecule has 2 aromatic rings. The predicted octanol–water partition coefficient (Wildman–Crippen LogP) is -1.51. The summed E-state index contributed by atoms with van der Waals surface area (Å²) in [5.41, 5.74) is -3.67. The largest absolute Gasteiger partial charge is 0.476 e. The fraction of sp³-hybridized carbons (Fsp3) is 0.222. The highest BCUT2D eigenvalue weighted by Crippen LogP contribution is 2.00. The lowest BCUT2D eigenvalue weighted by Crippen LogP contribution is -2.33. The van der Waals surface area contributed by atoms with Gasteiger partial charge in [-0.3, -0.25) is 24.1 Å². The van der Waals surface area contributed by atoms with Crippen LogP contribution in [0.3, 0.4) is 0 Å². The Labute approximate surface area is 97.7 Å². The van der Waals surface area contributed by atoms with Crippen LogP contribution in [0.15, 0.2) is 14.4 Å². The number of hydrogen-bond acceptors (Lipinski definition) is 5. The van der Waals surface area contributed by atoms with Crippen LogP contribution in [-0.4, -0.2) is 30.6 Å². The van der Waals surface area contributed by atoms with Crippen molar-refractivity contribution < 1.29 is 9.90 Å². The lowest BCUT2D eigenvalue weighted by molar-refractivity contribution is 0.0688. The van der Waals surface area contributed by atoms with Crippen molar-refractivity contribution in [1.82, 2.24) is 19.5 Å². The molecule has 0 bridgehead atoms. The maximum atomic E-state index is 11.8. The molecule has 0 spiro atoms. The first-order chi connectivity index (χ1) is 8.45. The van der Waals surface area contributed by atoms with Crippen molar-refractivity contribution in [3.05, 3.63) is 36.9 Å². The molecule has 0 aliphatic heterocycles. The van der Waals surface area contributed by atoms with Crippen LogP contribution < -0.4 is 16.8 Å². The summed E-state index contributed by atoms with van der Waals surface area (Å²) in [6.07, 6.45) is 0. The molecule has 0 unspecified atom stereocenters. The number of carboxylic acids is 1. The Hall–Kier alpha value is -2.71. The summed E-state index contributed by atoms with van der Waals surface area (Å²) in [6.45, 7) is 1.67. The van der Waals surface area contributed by atoms with E-state index in [0.29, 0.717) is 0 Å². The molecule has 0 amide bonds. The van der Waals surface area contributed by atoms with E-state index in [4.69, 9.17) is 5.11 Å². The molecule has 0 saturated heterocycles. The highest BCUT2D eigenvalue weighted by atomic mass is 16.4. The molecular weight excluding hydrogens is 244 g/mol. The van der Waals surface area contributed by atoms with Crippen LogP contribution in [0.5, 0.6) is 0 Å². The zero-order valence-electron chi connectivity index (χ0n) is 9.18. The first-order valence-corrected chi connectivity index (χ1v) is 4.96. The quantitative estimate of drug-likeness (QED) is 0.594. The van der Waals surface area contributed by atoms with Gasteiger partial charge in [0.25, 0.3) is 11.1 Å². The molecule has 0 fully saturated rings. The van der Waals surface area contributed by atoms with E-state index in [-0.39, 0.29) is 17.7 Å². The van der Waals surface area contributed by atoms with Gasteiger partial charge in [0.05, 0.1) is 0 Å². The summed E-state index contributed by atoms with van der Waals surface area (Å²) in [5.74, 6) is -1.53. The minimum absolute atomic E-state index is 0.0948. The number of hydrogen-bond donors (Lipinski definition) is 3. The molecule has 18 heavy (non-hydrogen) atoms. The number of nitrogens with one attached hydrogen (secondary N) is 2. The summed E-state index contributed by atoms with van der Waals surface area (Å²) in [4.78, 5) is 52.9. The van der Waals surface area contributed by atoms with Crippen molar-refractivity contribution in [2.45, 2.75) is 13.5 Å². The van der Waals surface area contributed by atoms with Crippen molar-refractivity contribution in [3.8, 4) is 0 Å². The van der Waals surface area contributed by atoms with Crippen molar-refractivity contribution in [2.75, 3.05) is 0 Å². The zero-order chi connectivity index (χ0) is 13.4. The second-order valence-electron chi connectivity index (χ2n) is 3.42. The number of carboxylic acid groups (broad SMARTS) is 1. The number of H-pyrrole nitrogens is 2. The fourth-order valence-electron chi connectivity index (χ4n) is 1.60. The molecule has 0 saturated carbocycles. The molecule has 2 aromatic heterocycles. The maximum absolute atomic E-state index is 11.8. The first-order valence-electron chi connectivity index (χ1n) is 4.96. The molecule has 0 radical (unpaired) electrons. The number of aromatic nitrogens is 4. The maximum Gasteiger partial charge on any atom is 0.360 e. The summed E-state index contributed by atoms with van der Waals surface area (Å²) < 4.78 is 0.975. The minimum atomic E-state index is -1.53. The first kappa shape index (κ1) is 11.8. The summed E-state index contributed by atoms with van der Waals surface area (Å²) in [7, 11) is 0. The SMILES string of the molecule is CCn1c(=O)c(C(=O)O)nc2c(=O)[nH]c(=O)[nH]c21.